The number of carbonyl (C=O) groups is 1. The summed E-state index contributed by atoms with van der Waals surface area (Å²) >= 11 is 0. The summed E-state index contributed by atoms with van der Waals surface area (Å²) in [6.45, 7) is 1.89. The van der Waals surface area contributed by atoms with Crippen molar-refractivity contribution in [3.8, 4) is 11.5 Å². The highest BCUT2D eigenvalue weighted by Gasteiger charge is 2.43. The Morgan fingerprint density at radius 1 is 0.968 bits per heavy atom. The Kier molecular flexibility index (Phi) is 4.18. The summed E-state index contributed by atoms with van der Waals surface area (Å²) in [5, 5.41) is 31.3. The molecule has 4 N–H and O–H groups in total. The van der Waals surface area contributed by atoms with Gasteiger partial charge in [0.1, 0.15) is 11.5 Å². The number of aliphatic hydroxyl groups is 1. The Labute approximate surface area is 177 Å². The van der Waals surface area contributed by atoms with Crippen molar-refractivity contribution in [3.05, 3.63) is 89.4 Å². The topological polar surface area (TPSA) is 110 Å². The molecule has 1 aromatic heterocycles. The summed E-state index contributed by atoms with van der Waals surface area (Å²) in [6.07, 6.45) is 1.57. The molecule has 1 unspecified atom stereocenters. The van der Waals surface area contributed by atoms with E-state index in [1.807, 2.05) is 13.0 Å². The molecule has 5 rings (SSSR count). The molecule has 1 aliphatic rings. The van der Waals surface area contributed by atoms with Crippen LogP contribution >= 0.6 is 0 Å². The summed E-state index contributed by atoms with van der Waals surface area (Å²) in [6, 6.07) is 16.0. The third-order valence-corrected chi connectivity index (χ3v) is 5.55. The van der Waals surface area contributed by atoms with Crippen LogP contribution in [0.25, 0.3) is 16.6 Å². The Morgan fingerprint density at radius 3 is 2.52 bits per heavy atom. The average molecular weight is 413 g/mol. The molecular weight excluding hydrogens is 394 g/mol. The van der Waals surface area contributed by atoms with E-state index in [-0.39, 0.29) is 11.5 Å². The predicted octanol–water partition coefficient (Wildman–Crippen LogP) is 4.34. The molecule has 0 radical (unpaired) electrons. The third kappa shape index (κ3) is 2.98. The van der Waals surface area contributed by atoms with Crippen LogP contribution in [0.15, 0.2) is 72.8 Å². The number of carbonyl (C=O) groups excluding carboxylic acids is 1. The maximum absolute atomic E-state index is 13.3. The van der Waals surface area contributed by atoms with Gasteiger partial charge in [0.05, 0.1) is 23.4 Å². The highest BCUT2D eigenvalue weighted by molar-refractivity contribution is 6.16. The number of nitrogens with one attached hydrogen (secondary N) is 1. The second kappa shape index (κ2) is 6.91. The van der Waals surface area contributed by atoms with Crippen molar-refractivity contribution in [2.75, 3.05) is 4.90 Å². The zero-order valence-corrected chi connectivity index (χ0v) is 16.6. The maximum atomic E-state index is 13.3. The summed E-state index contributed by atoms with van der Waals surface area (Å²) < 4.78 is 0. The van der Waals surface area contributed by atoms with Gasteiger partial charge in [0.15, 0.2) is 5.76 Å². The van der Waals surface area contributed by atoms with Gasteiger partial charge >= 0.3 is 0 Å². The highest BCUT2D eigenvalue weighted by Crippen LogP contribution is 2.48. The number of fused-ring (bicyclic) bond motifs is 1. The third-order valence-electron chi connectivity index (χ3n) is 5.55. The van der Waals surface area contributed by atoms with Crippen LogP contribution in [0.4, 0.5) is 5.69 Å². The van der Waals surface area contributed by atoms with Gasteiger partial charge in [-0.1, -0.05) is 23.8 Å². The molecular formula is C24H19N3O4. The first-order valence-electron chi connectivity index (χ1n) is 9.73. The van der Waals surface area contributed by atoms with Crippen molar-refractivity contribution in [3.63, 3.8) is 0 Å². The molecule has 0 saturated carbocycles. The van der Waals surface area contributed by atoms with E-state index < -0.39 is 17.7 Å². The fourth-order valence-corrected chi connectivity index (χ4v) is 4.06. The largest absolute Gasteiger partial charge is 0.508 e. The van der Waals surface area contributed by atoms with Crippen molar-refractivity contribution >= 4 is 28.2 Å². The van der Waals surface area contributed by atoms with Crippen molar-refractivity contribution in [1.82, 2.24) is 9.97 Å². The first kappa shape index (κ1) is 18.7. The number of aromatic hydroxyl groups is 2. The van der Waals surface area contributed by atoms with Crippen LogP contribution in [-0.4, -0.2) is 31.2 Å². The van der Waals surface area contributed by atoms with Crippen molar-refractivity contribution in [2.24, 2.45) is 0 Å². The molecule has 0 saturated heterocycles. The van der Waals surface area contributed by atoms with Gasteiger partial charge in [-0.15, -0.1) is 0 Å². The molecule has 1 aliphatic heterocycles. The number of anilines is 1. The van der Waals surface area contributed by atoms with Crippen LogP contribution in [0, 0.1) is 6.92 Å². The van der Waals surface area contributed by atoms with E-state index in [0.29, 0.717) is 27.9 Å². The van der Waals surface area contributed by atoms with E-state index in [1.54, 1.807) is 48.8 Å². The molecule has 4 aromatic rings. The zero-order chi connectivity index (χ0) is 21.7. The lowest BCUT2D eigenvalue weighted by atomic mass is 9.91. The van der Waals surface area contributed by atoms with Gasteiger partial charge in [-0.2, -0.15) is 0 Å². The molecule has 0 spiro atoms. The fraction of sp³-hybridized carbons (Fsp3) is 0.0833. The fourth-order valence-electron chi connectivity index (χ4n) is 4.06. The minimum atomic E-state index is -0.770. The molecule has 1 atom stereocenters. The van der Waals surface area contributed by atoms with Gasteiger partial charge in [-0.05, 0) is 55.0 Å². The minimum absolute atomic E-state index is 0.0141. The van der Waals surface area contributed by atoms with Gasteiger partial charge in [-0.25, -0.2) is 4.98 Å². The number of hydrogen-bond donors (Lipinski definition) is 4. The predicted molar refractivity (Wildman–Crippen MR) is 117 cm³/mol. The lowest BCUT2D eigenvalue weighted by Gasteiger charge is -2.28. The second-order valence-electron chi connectivity index (χ2n) is 7.55. The molecule has 31 heavy (non-hydrogen) atoms. The number of aliphatic hydroxyl groups excluding tert-OH is 1. The first-order valence-corrected chi connectivity index (χ1v) is 9.73. The number of hydrogen-bond acceptors (Lipinski definition) is 5. The lowest BCUT2D eigenvalue weighted by molar-refractivity contribution is -0.117. The van der Waals surface area contributed by atoms with E-state index in [2.05, 4.69) is 9.97 Å². The first-order chi connectivity index (χ1) is 14.9. The van der Waals surface area contributed by atoms with Gasteiger partial charge in [0, 0.05) is 16.8 Å². The van der Waals surface area contributed by atoms with Crippen molar-refractivity contribution < 1.29 is 20.1 Å². The number of imidazole rings is 1. The number of aryl methyl sites for hydroxylation is 1. The summed E-state index contributed by atoms with van der Waals surface area (Å²) in [4.78, 5) is 22.0. The number of H-pyrrole nitrogens is 1. The smallest absolute Gasteiger partial charge is 0.294 e. The van der Waals surface area contributed by atoms with Crippen molar-refractivity contribution in [2.45, 2.75) is 13.0 Å². The standard InChI is InChI=1S/C24H19N3O4/c1-13-2-9-20(29)17(10-13)22-21(14-3-6-16(28)7-4-14)23(30)24(31)27(22)15-5-8-18-19(11-15)26-12-25-18/h2-12,22,28-30H,1H3,(H,25,26). The Balaban J connectivity index is 1.74. The second-order valence-corrected chi connectivity index (χ2v) is 7.55. The van der Waals surface area contributed by atoms with Crippen LogP contribution in [0.3, 0.4) is 0 Å². The van der Waals surface area contributed by atoms with Gasteiger partial charge < -0.3 is 20.3 Å². The van der Waals surface area contributed by atoms with Crippen LogP contribution in [0.5, 0.6) is 11.5 Å². The van der Waals surface area contributed by atoms with E-state index in [0.717, 1.165) is 11.1 Å². The Morgan fingerprint density at radius 2 is 1.74 bits per heavy atom. The number of rotatable bonds is 3. The van der Waals surface area contributed by atoms with Gasteiger partial charge in [0.2, 0.25) is 0 Å². The highest BCUT2D eigenvalue weighted by atomic mass is 16.3. The molecule has 0 fully saturated rings. The lowest BCUT2D eigenvalue weighted by Crippen LogP contribution is -2.30. The van der Waals surface area contributed by atoms with Crippen molar-refractivity contribution in [1.29, 1.82) is 0 Å². The number of aromatic nitrogens is 2. The number of amides is 1. The zero-order valence-electron chi connectivity index (χ0n) is 16.6. The molecule has 154 valence electrons. The maximum Gasteiger partial charge on any atom is 0.294 e. The van der Waals surface area contributed by atoms with Crippen LogP contribution in [0.1, 0.15) is 22.7 Å². The van der Waals surface area contributed by atoms with E-state index in [9.17, 15) is 20.1 Å². The molecule has 2 heterocycles. The molecule has 7 nitrogen and oxygen atoms in total. The normalized spacial score (nSPS) is 16.5. The van der Waals surface area contributed by atoms with E-state index in [1.165, 1.54) is 17.0 Å². The van der Waals surface area contributed by atoms with Crippen LogP contribution in [0.2, 0.25) is 0 Å². The quantitative estimate of drug-likeness (QED) is 0.399. The number of nitrogens with zero attached hydrogens (tertiary/aromatic N) is 2. The Hall–Kier alpha value is -4.26. The monoisotopic (exact) mass is 413 g/mol. The molecule has 7 heteroatoms. The number of aromatic amines is 1. The Bertz CT molecular complexity index is 1360. The van der Waals surface area contributed by atoms with Gasteiger partial charge in [0.25, 0.3) is 5.91 Å². The molecule has 1 amide bonds. The van der Waals surface area contributed by atoms with Crippen LogP contribution < -0.4 is 4.90 Å². The number of phenolic OH excluding ortho intramolecular Hbond substituents is 2. The van der Waals surface area contributed by atoms with Gasteiger partial charge in [-0.3, -0.25) is 9.69 Å². The summed E-state index contributed by atoms with van der Waals surface area (Å²) in [5.41, 5.74) is 4.35. The van der Waals surface area contributed by atoms with Crippen LogP contribution in [-0.2, 0) is 4.79 Å². The summed E-state index contributed by atoms with van der Waals surface area (Å²) in [7, 11) is 0. The average Bonchev–Trinajstić information content (AvgIpc) is 3.33. The van der Waals surface area contributed by atoms with E-state index in [4.69, 9.17) is 0 Å². The molecule has 3 aromatic carbocycles. The number of phenols is 2. The van der Waals surface area contributed by atoms with E-state index >= 15 is 0 Å². The minimum Gasteiger partial charge on any atom is -0.508 e. The number of benzene rings is 3. The summed E-state index contributed by atoms with van der Waals surface area (Å²) in [5.74, 6) is -0.897. The molecule has 0 bridgehead atoms. The molecule has 0 aliphatic carbocycles. The SMILES string of the molecule is Cc1ccc(O)c(C2C(c3ccc(O)cc3)=C(O)C(=O)N2c2ccc3[nH]cnc3c2)c1.